The fourth-order valence-corrected chi connectivity index (χ4v) is 7.43. The zero-order chi connectivity index (χ0) is 44.2. The molecule has 0 aliphatic rings. The van der Waals surface area contributed by atoms with Crippen molar-refractivity contribution >= 4 is 11.3 Å². The molecule has 0 aromatic carbocycles. The van der Waals surface area contributed by atoms with Crippen molar-refractivity contribution in [1.29, 1.82) is 0 Å². The molecule has 5 rings (SSSR count). The smallest absolute Gasteiger partial charge is 0.191 e. The standard InChI is InChI=1S/C12H19N.2C10H16N2.C8H13NO.C8H13NS/c1-7(2)12-10(5)8(3)9(4)11(6)13-12;1-6(2)10-9(5)11-7(3)8(4)12-10;1-6(2)10-7(3)8(4)11-9(5)12-10;2*1-5(2)8-6(3)10-7(4)9-8/h7H,1-6H3;2*6H,1-5H3;2*5H,1-4H3. The van der Waals surface area contributed by atoms with Crippen molar-refractivity contribution < 1.29 is 4.42 Å². The van der Waals surface area contributed by atoms with Crippen LogP contribution in [0.25, 0.3) is 0 Å². The van der Waals surface area contributed by atoms with Gasteiger partial charge in [0.15, 0.2) is 5.89 Å². The molecule has 5 aromatic rings. The Morgan fingerprint density at radius 2 is 0.789 bits per heavy atom. The summed E-state index contributed by atoms with van der Waals surface area (Å²) in [6.45, 7) is 50.3. The maximum absolute atomic E-state index is 5.26. The fourth-order valence-electron chi connectivity index (χ4n) is 6.45. The zero-order valence-electron chi connectivity index (χ0n) is 40.3. The van der Waals surface area contributed by atoms with Gasteiger partial charge in [0.2, 0.25) is 0 Å². The summed E-state index contributed by atoms with van der Waals surface area (Å²) in [5, 5.41) is 1.18. The Bertz CT molecular complexity index is 1980. The summed E-state index contributed by atoms with van der Waals surface area (Å²) < 4.78 is 5.26. The Kier molecular flexibility index (Phi) is 20.6. The summed E-state index contributed by atoms with van der Waals surface area (Å²) in [5.41, 5.74) is 16.7. The highest BCUT2D eigenvalue weighted by atomic mass is 32.1. The minimum absolute atomic E-state index is 0.469. The van der Waals surface area contributed by atoms with Gasteiger partial charge in [-0.05, 0) is 142 Å². The van der Waals surface area contributed by atoms with E-state index in [-0.39, 0.29) is 0 Å². The van der Waals surface area contributed by atoms with E-state index in [2.05, 4.69) is 153 Å². The van der Waals surface area contributed by atoms with E-state index in [1.54, 1.807) is 11.3 Å². The van der Waals surface area contributed by atoms with Crippen molar-refractivity contribution in [3.8, 4) is 0 Å². The first-order valence-corrected chi connectivity index (χ1v) is 21.5. The lowest BCUT2D eigenvalue weighted by Gasteiger charge is -2.15. The highest BCUT2D eigenvalue weighted by molar-refractivity contribution is 7.11. The van der Waals surface area contributed by atoms with E-state index in [0.29, 0.717) is 29.6 Å². The summed E-state index contributed by atoms with van der Waals surface area (Å²) in [4.78, 5) is 32.3. The number of hydrogen-bond donors (Lipinski definition) is 0. The molecule has 0 saturated carbocycles. The van der Waals surface area contributed by atoms with E-state index >= 15 is 0 Å². The Hall–Kier alpha value is -3.85. The quantitative estimate of drug-likeness (QED) is 0.173. The van der Waals surface area contributed by atoms with Crippen molar-refractivity contribution in [1.82, 2.24) is 34.9 Å². The topological polar surface area (TPSA) is 103 Å². The van der Waals surface area contributed by atoms with Crippen LogP contribution in [0.5, 0.6) is 0 Å². The first kappa shape index (κ1) is 51.2. The Balaban J connectivity index is 0.000000357. The second-order valence-electron chi connectivity index (χ2n) is 16.8. The average molecular weight is 800 g/mol. The second kappa shape index (κ2) is 22.9. The molecule has 57 heavy (non-hydrogen) atoms. The maximum atomic E-state index is 5.26. The lowest BCUT2D eigenvalue weighted by Crippen LogP contribution is -2.03. The summed E-state index contributed by atoms with van der Waals surface area (Å²) in [6, 6.07) is 0. The van der Waals surface area contributed by atoms with Crippen molar-refractivity contribution in [3.05, 3.63) is 107 Å². The minimum atomic E-state index is 0.469. The van der Waals surface area contributed by atoms with Gasteiger partial charge in [0, 0.05) is 34.6 Å². The highest BCUT2D eigenvalue weighted by Crippen LogP contribution is 2.25. The molecule has 0 N–H and O–H groups in total. The van der Waals surface area contributed by atoms with Crippen molar-refractivity contribution in [2.24, 2.45) is 0 Å². The third kappa shape index (κ3) is 15.4. The van der Waals surface area contributed by atoms with Crippen LogP contribution < -0.4 is 0 Å². The molecule has 0 radical (unpaired) electrons. The van der Waals surface area contributed by atoms with Gasteiger partial charge >= 0.3 is 0 Å². The summed E-state index contributed by atoms with van der Waals surface area (Å²) in [5.74, 6) is 5.12. The summed E-state index contributed by atoms with van der Waals surface area (Å²) in [6.07, 6.45) is 0. The van der Waals surface area contributed by atoms with Crippen LogP contribution in [-0.2, 0) is 0 Å². The van der Waals surface area contributed by atoms with Gasteiger partial charge in [0.05, 0.1) is 39.2 Å². The third-order valence-corrected chi connectivity index (χ3v) is 10.9. The van der Waals surface area contributed by atoms with Crippen LogP contribution in [0.1, 0.15) is 205 Å². The number of aromatic nitrogens is 7. The minimum Gasteiger partial charge on any atom is -0.446 e. The van der Waals surface area contributed by atoms with Gasteiger partial charge in [0.1, 0.15) is 11.6 Å². The van der Waals surface area contributed by atoms with Crippen molar-refractivity contribution in [2.45, 2.75) is 196 Å². The summed E-state index contributed by atoms with van der Waals surface area (Å²) in [7, 11) is 0. The fraction of sp³-hybridized carbons (Fsp3) is 0.604. The van der Waals surface area contributed by atoms with E-state index in [1.807, 2.05) is 48.5 Å². The van der Waals surface area contributed by atoms with Crippen LogP contribution in [0.2, 0.25) is 0 Å². The Morgan fingerprint density at radius 3 is 1.18 bits per heavy atom. The van der Waals surface area contributed by atoms with Crippen LogP contribution in [0.15, 0.2) is 4.42 Å². The molecule has 0 saturated heterocycles. The maximum Gasteiger partial charge on any atom is 0.191 e. The molecule has 0 aliphatic carbocycles. The van der Waals surface area contributed by atoms with Crippen LogP contribution in [0, 0.1) is 96.9 Å². The molecule has 9 heteroatoms. The number of pyridine rings is 1. The molecular weight excluding hydrogens is 723 g/mol. The highest BCUT2D eigenvalue weighted by Gasteiger charge is 2.12. The molecule has 0 amide bonds. The molecule has 0 spiro atoms. The second-order valence-corrected chi connectivity index (χ2v) is 18.2. The molecule has 0 fully saturated rings. The monoisotopic (exact) mass is 800 g/mol. The molecule has 5 aromatic heterocycles. The molecule has 0 atom stereocenters. The third-order valence-electron chi connectivity index (χ3n) is 10.0. The first-order valence-electron chi connectivity index (χ1n) is 20.7. The SMILES string of the molecule is Cc1nc(C(C)C)c(C)c(C)c1C.Cc1nc(C(C)C)c(C)o1.Cc1nc(C(C)C)c(C)s1.Cc1nc(C)c(C(C)C)nc1C.Cc1nc(C)c(C)c(C(C)C)n1. The Labute approximate surface area is 351 Å². The van der Waals surface area contributed by atoms with Crippen LogP contribution in [0.4, 0.5) is 0 Å². The van der Waals surface area contributed by atoms with Gasteiger partial charge in [-0.15, -0.1) is 11.3 Å². The van der Waals surface area contributed by atoms with E-state index < -0.39 is 0 Å². The van der Waals surface area contributed by atoms with Crippen molar-refractivity contribution in [3.63, 3.8) is 0 Å². The predicted molar refractivity (Wildman–Crippen MR) is 244 cm³/mol. The largest absolute Gasteiger partial charge is 0.446 e. The first-order chi connectivity index (χ1) is 26.2. The van der Waals surface area contributed by atoms with Gasteiger partial charge < -0.3 is 4.42 Å². The van der Waals surface area contributed by atoms with Gasteiger partial charge in [-0.3, -0.25) is 15.0 Å². The van der Waals surface area contributed by atoms with Crippen molar-refractivity contribution in [2.75, 3.05) is 0 Å². The zero-order valence-corrected chi connectivity index (χ0v) is 41.2. The summed E-state index contributed by atoms with van der Waals surface area (Å²) >= 11 is 1.79. The number of oxazole rings is 1. The molecule has 8 nitrogen and oxygen atoms in total. The molecule has 0 aliphatic heterocycles. The van der Waals surface area contributed by atoms with Gasteiger partial charge in [0.25, 0.3) is 0 Å². The van der Waals surface area contributed by atoms with E-state index in [1.165, 1.54) is 54.9 Å². The number of nitrogens with zero attached hydrogens (tertiary/aromatic N) is 7. The lowest BCUT2D eigenvalue weighted by molar-refractivity contribution is 0.492. The normalized spacial score (nSPS) is 10.9. The van der Waals surface area contributed by atoms with E-state index in [0.717, 1.165) is 51.6 Å². The molecule has 0 bridgehead atoms. The van der Waals surface area contributed by atoms with Crippen LogP contribution >= 0.6 is 11.3 Å². The molecule has 5 heterocycles. The Morgan fingerprint density at radius 1 is 0.351 bits per heavy atom. The van der Waals surface area contributed by atoms with Gasteiger partial charge in [-0.1, -0.05) is 69.2 Å². The van der Waals surface area contributed by atoms with E-state index in [4.69, 9.17) is 4.42 Å². The number of thiazole rings is 1. The lowest BCUT2D eigenvalue weighted by atomic mass is 9.97. The number of aryl methyl sites for hydroxylation is 10. The molecular formula is C48H77N7OS. The number of rotatable bonds is 5. The van der Waals surface area contributed by atoms with Crippen LogP contribution in [-0.4, -0.2) is 34.9 Å². The van der Waals surface area contributed by atoms with Gasteiger partial charge in [-0.2, -0.15) is 0 Å². The molecule has 0 unspecified atom stereocenters. The molecule has 316 valence electrons. The average Bonchev–Trinajstić information content (AvgIpc) is 3.64. The number of hydrogen-bond acceptors (Lipinski definition) is 9. The van der Waals surface area contributed by atoms with Crippen LogP contribution in [0.3, 0.4) is 0 Å². The predicted octanol–water partition coefficient (Wildman–Crippen LogP) is 13.8. The van der Waals surface area contributed by atoms with Gasteiger partial charge in [-0.25, -0.2) is 19.9 Å². The van der Waals surface area contributed by atoms with E-state index in [9.17, 15) is 0 Å².